The molecule has 1 atom stereocenters. The van der Waals surface area contributed by atoms with Crippen molar-refractivity contribution < 1.29 is 14.6 Å². The Labute approximate surface area is 104 Å². The van der Waals surface area contributed by atoms with Gasteiger partial charge >= 0.3 is 0 Å². The Hall–Kier alpha value is -0.780. The predicted octanol–water partition coefficient (Wildman–Crippen LogP) is 1.88. The number of aliphatic hydroxyl groups excluding tert-OH is 1. The molecule has 0 aliphatic rings. The molecule has 1 rings (SSSR count). The van der Waals surface area contributed by atoms with E-state index in [4.69, 9.17) is 9.47 Å². The van der Waals surface area contributed by atoms with E-state index in [1.807, 2.05) is 18.2 Å². The minimum atomic E-state index is -0.508. The lowest BCUT2D eigenvalue weighted by Gasteiger charge is -2.12. The number of hydrogen-bond acceptors (Lipinski definition) is 4. The van der Waals surface area contributed by atoms with Crippen LogP contribution in [0.2, 0.25) is 0 Å². The number of halogens is 1. The van der Waals surface area contributed by atoms with Crippen LogP contribution in [0.15, 0.2) is 22.7 Å². The lowest BCUT2D eigenvalue weighted by atomic mass is 10.3. The van der Waals surface area contributed by atoms with Gasteiger partial charge in [-0.3, -0.25) is 0 Å². The molecule has 1 aromatic rings. The SMILES string of the molecule is COCC(O)CNc1ccc(OC)c(Br)c1. The Balaban J connectivity index is 2.51. The topological polar surface area (TPSA) is 50.7 Å². The maximum absolute atomic E-state index is 9.46. The largest absolute Gasteiger partial charge is 0.496 e. The first-order valence-corrected chi connectivity index (χ1v) is 5.71. The van der Waals surface area contributed by atoms with Gasteiger partial charge in [-0.1, -0.05) is 0 Å². The molecular formula is C11H16BrNO3. The summed E-state index contributed by atoms with van der Waals surface area (Å²) in [5.41, 5.74) is 0.919. The fourth-order valence-corrected chi connectivity index (χ4v) is 1.80. The van der Waals surface area contributed by atoms with Gasteiger partial charge in [0.1, 0.15) is 5.75 Å². The first-order chi connectivity index (χ1) is 7.67. The minimum Gasteiger partial charge on any atom is -0.496 e. The first kappa shape index (κ1) is 13.3. The fraction of sp³-hybridized carbons (Fsp3) is 0.455. The summed E-state index contributed by atoms with van der Waals surface area (Å²) < 4.78 is 10.8. The summed E-state index contributed by atoms with van der Waals surface area (Å²) in [5, 5.41) is 12.6. The molecule has 1 unspecified atom stereocenters. The van der Waals surface area contributed by atoms with E-state index in [0.717, 1.165) is 15.9 Å². The van der Waals surface area contributed by atoms with Crippen molar-refractivity contribution in [3.8, 4) is 5.75 Å². The number of rotatable bonds is 6. The molecule has 0 heterocycles. The average Bonchev–Trinajstić information content (AvgIpc) is 2.27. The number of anilines is 1. The van der Waals surface area contributed by atoms with Crippen LogP contribution in [-0.4, -0.2) is 38.6 Å². The molecule has 16 heavy (non-hydrogen) atoms. The second-order valence-corrected chi connectivity index (χ2v) is 4.19. The Kier molecular flexibility index (Phi) is 5.59. The molecule has 0 saturated carbocycles. The molecule has 0 aromatic heterocycles. The van der Waals surface area contributed by atoms with Crippen molar-refractivity contribution >= 4 is 21.6 Å². The summed E-state index contributed by atoms with van der Waals surface area (Å²) in [4.78, 5) is 0. The summed E-state index contributed by atoms with van der Waals surface area (Å²) in [7, 11) is 3.18. The predicted molar refractivity (Wildman–Crippen MR) is 67.1 cm³/mol. The summed E-state index contributed by atoms with van der Waals surface area (Å²) >= 11 is 3.39. The third-order valence-corrected chi connectivity index (χ3v) is 2.67. The van der Waals surface area contributed by atoms with Gasteiger partial charge in [0.25, 0.3) is 0 Å². The van der Waals surface area contributed by atoms with Crippen LogP contribution in [0.1, 0.15) is 0 Å². The maximum atomic E-state index is 9.46. The Morgan fingerprint density at radius 2 is 2.19 bits per heavy atom. The zero-order chi connectivity index (χ0) is 12.0. The molecule has 0 amide bonds. The average molecular weight is 290 g/mol. The third-order valence-electron chi connectivity index (χ3n) is 2.05. The van der Waals surface area contributed by atoms with Gasteiger partial charge in [-0.25, -0.2) is 0 Å². The molecule has 0 radical (unpaired) electrons. The van der Waals surface area contributed by atoms with Crippen molar-refractivity contribution in [3.63, 3.8) is 0 Å². The number of benzene rings is 1. The zero-order valence-electron chi connectivity index (χ0n) is 9.37. The molecule has 0 fully saturated rings. The molecule has 0 aliphatic heterocycles. The van der Waals surface area contributed by atoms with Gasteiger partial charge in [0.05, 0.1) is 24.3 Å². The molecule has 0 aliphatic carbocycles. The minimum absolute atomic E-state index is 0.324. The summed E-state index contributed by atoms with van der Waals surface area (Å²) in [6.07, 6.45) is -0.508. The zero-order valence-corrected chi connectivity index (χ0v) is 11.0. The lowest BCUT2D eigenvalue weighted by Crippen LogP contribution is -2.24. The number of hydrogen-bond donors (Lipinski definition) is 2. The van der Waals surface area contributed by atoms with Crippen LogP contribution >= 0.6 is 15.9 Å². The van der Waals surface area contributed by atoms with Crippen LogP contribution in [0.25, 0.3) is 0 Å². The van der Waals surface area contributed by atoms with Crippen LogP contribution in [0, 0.1) is 0 Å². The van der Waals surface area contributed by atoms with Crippen LogP contribution < -0.4 is 10.1 Å². The van der Waals surface area contributed by atoms with E-state index in [0.29, 0.717) is 13.2 Å². The van der Waals surface area contributed by atoms with Gasteiger partial charge in [-0.05, 0) is 34.1 Å². The highest BCUT2D eigenvalue weighted by molar-refractivity contribution is 9.10. The van der Waals surface area contributed by atoms with E-state index in [9.17, 15) is 5.11 Å². The molecule has 90 valence electrons. The normalized spacial score (nSPS) is 12.2. The Morgan fingerprint density at radius 1 is 1.44 bits per heavy atom. The lowest BCUT2D eigenvalue weighted by molar-refractivity contribution is 0.0727. The summed E-state index contributed by atoms with van der Waals surface area (Å²) in [5.74, 6) is 0.781. The molecule has 1 aromatic carbocycles. The summed E-state index contributed by atoms with van der Waals surface area (Å²) in [6.45, 7) is 0.775. The van der Waals surface area contributed by atoms with Crippen LogP contribution in [-0.2, 0) is 4.74 Å². The van der Waals surface area contributed by atoms with E-state index >= 15 is 0 Å². The Morgan fingerprint density at radius 3 is 2.75 bits per heavy atom. The van der Waals surface area contributed by atoms with Crippen molar-refractivity contribution in [2.45, 2.75) is 6.10 Å². The van der Waals surface area contributed by atoms with Crippen molar-refractivity contribution in [2.24, 2.45) is 0 Å². The number of ether oxygens (including phenoxy) is 2. The van der Waals surface area contributed by atoms with Crippen LogP contribution in [0.4, 0.5) is 5.69 Å². The number of aliphatic hydroxyl groups is 1. The number of nitrogens with one attached hydrogen (secondary N) is 1. The standard InChI is InChI=1S/C11H16BrNO3/c1-15-7-9(14)6-13-8-3-4-11(16-2)10(12)5-8/h3-5,9,13-14H,6-7H2,1-2H3. The highest BCUT2D eigenvalue weighted by Crippen LogP contribution is 2.27. The molecule has 0 saturated heterocycles. The maximum Gasteiger partial charge on any atom is 0.133 e. The molecule has 2 N–H and O–H groups in total. The highest BCUT2D eigenvalue weighted by atomic mass is 79.9. The van der Waals surface area contributed by atoms with Crippen molar-refractivity contribution in [2.75, 3.05) is 32.7 Å². The number of methoxy groups -OCH3 is 2. The van der Waals surface area contributed by atoms with Gasteiger partial charge in [-0.2, -0.15) is 0 Å². The van der Waals surface area contributed by atoms with Crippen molar-refractivity contribution in [3.05, 3.63) is 22.7 Å². The quantitative estimate of drug-likeness (QED) is 0.840. The Bertz CT molecular complexity index is 333. The van der Waals surface area contributed by atoms with Gasteiger partial charge in [-0.15, -0.1) is 0 Å². The summed E-state index contributed by atoms with van der Waals surface area (Å²) in [6, 6.07) is 5.65. The monoisotopic (exact) mass is 289 g/mol. The highest BCUT2D eigenvalue weighted by Gasteiger charge is 2.04. The van der Waals surface area contributed by atoms with E-state index in [1.54, 1.807) is 14.2 Å². The third kappa shape index (κ3) is 4.00. The van der Waals surface area contributed by atoms with Crippen molar-refractivity contribution in [1.82, 2.24) is 0 Å². The molecule has 5 heteroatoms. The van der Waals surface area contributed by atoms with Crippen molar-refractivity contribution in [1.29, 1.82) is 0 Å². The van der Waals surface area contributed by atoms with E-state index in [-0.39, 0.29) is 0 Å². The second kappa shape index (κ2) is 6.73. The van der Waals surface area contributed by atoms with Gasteiger partial charge in [0.2, 0.25) is 0 Å². The molecule has 0 bridgehead atoms. The van der Waals surface area contributed by atoms with Crippen LogP contribution in [0.3, 0.4) is 0 Å². The van der Waals surface area contributed by atoms with E-state index in [1.165, 1.54) is 0 Å². The van der Waals surface area contributed by atoms with Gasteiger partial charge in [0, 0.05) is 19.3 Å². The smallest absolute Gasteiger partial charge is 0.133 e. The second-order valence-electron chi connectivity index (χ2n) is 3.34. The molecule has 4 nitrogen and oxygen atoms in total. The first-order valence-electron chi connectivity index (χ1n) is 4.91. The van der Waals surface area contributed by atoms with E-state index in [2.05, 4.69) is 21.2 Å². The van der Waals surface area contributed by atoms with Gasteiger partial charge in [0.15, 0.2) is 0 Å². The molecular weight excluding hydrogens is 274 g/mol. The van der Waals surface area contributed by atoms with E-state index < -0.39 is 6.10 Å². The fourth-order valence-electron chi connectivity index (χ4n) is 1.26. The van der Waals surface area contributed by atoms with Crippen LogP contribution in [0.5, 0.6) is 5.75 Å². The molecule has 0 spiro atoms. The van der Waals surface area contributed by atoms with Gasteiger partial charge < -0.3 is 19.9 Å².